The number of nitrogens with one attached hydrogen (secondary N) is 1. The topological polar surface area (TPSA) is 66.5 Å². The quantitative estimate of drug-likeness (QED) is 0.790. The summed E-state index contributed by atoms with van der Waals surface area (Å²) < 4.78 is 15.4. The zero-order valence-corrected chi connectivity index (χ0v) is 12.8. The van der Waals surface area contributed by atoms with Gasteiger partial charge < -0.3 is 5.32 Å². The lowest BCUT2D eigenvalue weighted by molar-refractivity contribution is 0.608. The molecule has 2 aromatic heterocycles. The summed E-state index contributed by atoms with van der Waals surface area (Å²) in [6, 6.07) is 11.6. The standard InChI is InChI=1S/C16H11ClFN5/c1-10-14(22-16-7-6-11(17)13(8-19)21-16)9-20-23(10)15-5-3-2-4-12(15)18/h2-7,9H,1H3,(H,21,22). The van der Waals surface area contributed by atoms with Crippen LogP contribution in [0.3, 0.4) is 0 Å². The minimum Gasteiger partial charge on any atom is -0.337 e. The summed E-state index contributed by atoms with van der Waals surface area (Å²) >= 11 is 5.86. The molecule has 0 saturated heterocycles. The second kappa shape index (κ2) is 6.07. The van der Waals surface area contributed by atoms with Crippen molar-refractivity contribution in [2.45, 2.75) is 6.92 Å². The number of nitrogens with zero attached hydrogens (tertiary/aromatic N) is 4. The van der Waals surface area contributed by atoms with Crippen LogP contribution >= 0.6 is 11.6 Å². The number of nitriles is 1. The van der Waals surface area contributed by atoms with E-state index in [1.54, 1.807) is 36.5 Å². The Balaban J connectivity index is 1.95. The van der Waals surface area contributed by atoms with Crippen molar-refractivity contribution in [2.24, 2.45) is 0 Å². The summed E-state index contributed by atoms with van der Waals surface area (Å²) in [6.07, 6.45) is 1.57. The van der Waals surface area contributed by atoms with Gasteiger partial charge in [0.2, 0.25) is 0 Å². The summed E-state index contributed by atoms with van der Waals surface area (Å²) in [5, 5.41) is 16.5. The highest BCUT2D eigenvalue weighted by molar-refractivity contribution is 6.31. The minimum absolute atomic E-state index is 0.135. The molecule has 0 bridgehead atoms. The van der Waals surface area contributed by atoms with E-state index < -0.39 is 0 Å². The number of hydrogen-bond acceptors (Lipinski definition) is 4. The first kappa shape index (κ1) is 15.0. The molecule has 0 aliphatic heterocycles. The zero-order valence-electron chi connectivity index (χ0n) is 12.1. The van der Waals surface area contributed by atoms with Gasteiger partial charge in [-0.05, 0) is 31.2 Å². The van der Waals surface area contributed by atoms with E-state index in [2.05, 4.69) is 15.4 Å². The summed E-state index contributed by atoms with van der Waals surface area (Å²) in [6.45, 7) is 1.81. The molecule has 7 heteroatoms. The Morgan fingerprint density at radius 3 is 2.78 bits per heavy atom. The molecule has 1 N–H and O–H groups in total. The Morgan fingerprint density at radius 1 is 1.26 bits per heavy atom. The Morgan fingerprint density at radius 2 is 2.04 bits per heavy atom. The van der Waals surface area contributed by atoms with Crippen LogP contribution < -0.4 is 5.32 Å². The van der Waals surface area contributed by atoms with E-state index in [9.17, 15) is 4.39 Å². The third-order valence-corrected chi connectivity index (χ3v) is 3.61. The van der Waals surface area contributed by atoms with Crippen LogP contribution in [-0.4, -0.2) is 14.8 Å². The largest absolute Gasteiger partial charge is 0.337 e. The van der Waals surface area contributed by atoms with Crippen LogP contribution in [0.5, 0.6) is 0 Å². The number of hydrogen-bond donors (Lipinski definition) is 1. The smallest absolute Gasteiger partial charge is 0.161 e. The molecule has 0 unspecified atom stereocenters. The number of halogens is 2. The molecule has 3 rings (SSSR count). The number of anilines is 2. The predicted molar refractivity (Wildman–Crippen MR) is 85.5 cm³/mol. The molecule has 0 spiro atoms. The van der Waals surface area contributed by atoms with Gasteiger partial charge in [-0.3, -0.25) is 0 Å². The van der Waals surface area contributed by atoms with Crippen molar-refractivity contribution in [2.75, 3.05) is 5.32 Å². The van der Waals surface area contributed by atoms with Crippen LogP contribution in [0.25, 0.3) is 5.69 Å². The third-order valence-electron chi connectivity index (χ3n) is 3.31. The van der Waals surface area contributed by atoms with Crippen molar-refractivity contribution >= 4 is 23.1 Å². The number of aromatic nitrogens is 3. The van der Waals surface area contributed by atoms with Crippen molar-refractivity contribution < 1.29 is 4.39 Å². The van der Waals surface area contributed by atoms with Crippen molar-refractivity contribution in [3.05, 3.63) is 64.8 Å². The SMILES string of the molecule is Cc1c(Nc2ccc(Cl)c(C#N)n2)cnn1-c1ccccc1F. The average Bonchev–Trinajstić information content (AvgIpc) is 2.90. The lowest BCUT2D eigenvalue weighted by Crippen LogP contribution is -2.02. The van der Waals surface area contributed by atoms with Gasteiger partial charge in [-0.2, -0.15) is 10.4 Å². The van der Waals surface area contributed by atoms with Crippen molar-refractivity contribution in [1.82, 2.24) is 14.8 Å². The molecule has 2 heterocycles. The molecule has 23 heavy (non-hydrogen) atoms. The van der Waals surface area contributed by atoms with E-state index in [-0.39, 0.29) is 16.5 Å². The first-order valence-electron chi connectivity index (χ1n) is 6.73. The number of para-hydroxylation sites is 1. The highest BCUT2D eigenvalue weighted by Crippen LogP contribution is 2.24. The molecule has 3 aromatic rings. The second-order valence-corrected chi connectivity index (χ2v) is 5.18. The summed E-state index contributed by atoms with van der Waals surface area (Å²) in [4.78, 5) is 4.11. The van der Waals surface area contributed by atoms with Gasteiger partial charge in [0.25, 0.3) is 0 Å². The van der Waals surface area contributed by atoms with Gasteiger partial charge in [0, 0.05) is 0 Å². The van der Waals surface area contributed by atoms with E-state index in [0.717, 1.165) is 0 Å². The van der Waals surface area contributed by atoms with Crippen LogP contribution in [0, 0.1) is 24.1 Å². The van der Waals surface area contributed by atoms with Gasteiger partial charge >= 0.3 is 0 Å². The van der Waals surface area contributed by atoms with Crippen LogP contribution in [0.2, 0.25) is 5.02 Å². The Kier molecular flexibility index (Phi) is 3.96. The van der Waals surface area contributed by atoms with E-state index in [1.807, 2.05) is 13.0 Å². The second-order valence-electron chi connectivity index (χ2n) is 4.77. The van der Waals surface area contributed by atoms with Crippen molar-refractivity contribution in [1.29, 1.82) is 5.26 Å². The third kappa shape index (κ3) is 2.87. The van der Waals surface area contributed by atoms with Crippen LogP contribution in [0.4, 0.5) is 15.9 Å². The highest BCUT2D eigenvalue weighted by atomic mass is 35.5. The van der Waals surface area contributed by atoms with Crippen molar-refractivity contribution in [3.63, 3.8) is 0 Å². The van der Waals surface area contributed by atoms with E-state index in [0.29, 0.717) is 22.9 Å². The molecule has 0 aliphatic carbocycles. The van der Waals surface area contributed by atoms with Crippen LogP contribution in [0.1, 0.15) is 11.4 Å². The lowest BCUT2D eigenvalue weighted by Gasteiger charge is -2.08. The molecule has 0 saturated carbocycles. The highest BCUT2D eigenvalue weighted by Gasteiger charge is 2.12. The zero-order chi connectivity index (χ0) is 16.4. The summed E-state index contributed by atoms with van der Waals surface area (Å²) in [5.41, 5.74) is 1.87. The first-order chi connectivity index (χ1) is 11.1. The van der Waals surface area contributed by atoms with Crippen LogP contribution in [-0.2, 0) is 0 Å². The average molecular weight is 328 g/mol. The van der Waals surface area contributed by atoms with Gasteiger partial charge in [0.05, 0.1) is 22.6 Å². The molecule has 0 atom stereocenters. The minimum atomic E-state index is -0.360. The molecule has 0 fully saturated rings. The molecule has 0 amide bonds. The molecule has 0 aliphatic rings. The summed E-state index contributed by atoms with van der Waals surface area (Å²) in [7, 11) is 0. The van der Waals surface area contributed by atoms with E-state index >= 15 is 0 Å². The van der Waals surface area contributed by atoms with Gasteiger partial charge in [-0.1, -0.05) is 23.7 Å². The van der Waals surface area contributed by atoms with Crippen LogP contribution in [0.15, 0.2) is 42.6 Å². The van der Waals surface area contributed by atoms with E-state index in [1.165, 1.54) is 10.7 Å². The van der Waals surface area contributed by atoms with Gasteiger partial charge in [0.15, 0.2) is 5.69 Å². The molecule has 114 valence electrons. The Bertz CT molecular complexity index is 913. The monoisotopic (exact) mass is 327 g/mol. The fourth-order valence-corrected chi connectivity index (χ4v) is 2.27. The maximum Gasteiger partial charge on any atom is 0.161 e. The normalized spacial score (nSPS) is 10.3. The Hall–Kier alpha value is -2.91. The van der Waals surface area contributed by atoms with Gasteiger partial charge in [0.1, 0.15) is 23.4 Å². The molecule has 5 nitrogen and oxygen atoms in total. The molecule has 1 aromatic carbocycles. The lowest BCUT2D eigenvalue weighted by atomic mass is 10.3. The predicted octanol–water partition coefficient (Wildman–Crippen LogP) is 3.98. The van der Waals surface area contributed by atoms with Crippen molar-refractivity contribution in [3.8, 4) is 11.8 Å². The number of rotatable bonds is 3. The molecular weight excluding hydrogens is 317 g/mol. The molecular formula is C16H11ClFN5. The fourth-order valence-electron chi connectivity index (χ4n) is 2.13. The maximum absolute atomic E-state index is 13.9. The Labute approximate surface area is 137 Å². The fraction of sp³-hybridized carbons (Fsp3) is 0.0625. The van der Waals surface area contributed by atoms with Gasteiger partial charge in [-0.25, -0.2) is 14.1 Å². The first-order valence-corrected chi connectivity index (χ1v) is 7.11. The van der Waals surface area contributed by atoms with E-state index in [4.69, 9.17) is 16.9 Å². The van der Waals surface area contributed by atoms with Gasteiger partial charge in [-0.15, -0.1) is 0 Å². The number of pyridine rings is 1. The summed E-state index contributed by atoms with van der Waals surface area (Å²) in [5.74, 6) is 0.101. The maximum atomic E-state index is 13.9. The molecule has 0 radical (unpaired) electrons. The number of benzene rings is 1.